The van der Waals surface area contributed by atoms with Crippen LogP contribution >= 0.6 is 0 Å². The monoisotopic (exact) mass is 290 g/mol. The van der Waals surface area contributed by atoms with Gasteiger partial charge in [0, 0.05) is 18.0 Å². The zero-order valence-electron chi connectivity index (χ0n) is 12.0. The van der Waals surface area contributed by atoms with Crippen molar-refractivity contribution < 1.29 is 14.7 Å². The van der Waals surface area contributed by atoms with E-state index in [4.69, 9.17) is 20.4 Å². The molecule has 2 aromatic rings. The first-order valence-corrected chi connectivity index (χ1v) is 6.42. The fourth-order valence-electron chi connectivity index (χ4n) is 1.90. The third-order valence-corrected chi connectivity index (χ3v) is 3.08. The number of methoxy groups -OCH3 is 1. The smallest absolute Gasteiger partial charge is 0.170 e. The van der Waals surface area contributed by atoms with Crippen molar-refractivity contribution in [1.82, 2.24) is 9.55 Å². The van der Waals surface area contributed by atoms with Gasteiger partial charge in [0.25, 0.3) is 0 Å². The Morgan fingerprint density at radius 2 is 2.24 bits per heavy atom. The van der Waals surface area contributed by atoms with Gasteiger partial charge in [-0.3, -0.25) is 0 Å². The first kappa shape index (κ1) is 14.7. The van der Waals surface area contributed by atoms with E-state index in [1.807, 2.05) is 17.7 Å². The second-order valence-electron chi connectivity index (χ2n) is 4.37. The van der Waals surface area contributed by atoms with Crippen molar-refractivity contribution >= 4 is 5.84 Å². The predicted molar refractivity (Wildman–Crippen MR) is 78.0 cm³/mol. The van der Waals surface area contributed by atoms with E-state index in [0.29, 0.717) is 30.2 Å². The summed E-state index contributed by atoms with van der Waals surface area (Å²) in [5.74, 6) is 2.09. The predicted octanol–water partition coefficient (Wildman–Crippen LogP) is 1.37. The highest BCUT2D eigenvalue weighted by atomic mass is 16.5. The van der Waals surface area contributed by atoms with E-state index in [0.717, 1.165) is 5.82 Å². The molecule has 1 aromatic carbocycles. The molecule has 1 heterocycles. The first-order chi connectivity index (χ1) is 10.2. The lowest BCUT2D eigenvalue weighted by atomic mass is 10.2. The summed E-state index contributed by atoms with van der Waals surface area (Å²) in [4.78, 5) is 4.15. The SMILES string of the molecule is COc1cc(C(N)=NO)ccc1OCCn1ccnc1C. The molecule has 0 saturated carbocycles. The largest absolute Gasteiger partial charge is 0.493 e. The Bertz CT molecular complexity index is 637. The average molecular weight is 290 g/mol. The van der Waals surface area contributed by atoms with Gasteiger partial charge in [0.15, 0.2) is 17.3 Å². The van der Waals surface area contributed by atoms with Crippen LogP contribution in [0, 0.1) is 6.92 Å². The van der Waals surface area contributed by atoms with E-state index in [1.54, 1.807) is 24.4 Å². The molecule has 3 N–H and O–H groups in total. The number of imidazole rings is 1. The van der Waals surface area contributed by atoms with Crippen LogP contribution in [-0.2, 0) is 6.54 Å². The van der Waals surface area contributed by atoms with E-state index in [9.17, 15) is 0 Å². The van der Waals surface area contributed by atoms with E-state index >= 15 is 0 Å². The number of rotatable bonds is 6. The summed E-state index contributed by atoms with van der Waals surface area (Å²) in [6.07, 6.45) is 3.65. The Hall–Kier alpha value is -2.70. The van der Waals surface area contributed by atoms with Crippen LogP contribution in [0.15, 0.2) is 35.7 Å². The zero-order chi connectivity index (χ0) is 15.2. The summed E-state index contributed by atoms with van der Waals surface area (Å²) >= 11 is 0. The molecule has 0 atom stereocenters. The molecule has 0 aliphatic rings. The number of nitrogens with two attached hydrogens (primary N) is 1. The molecular formula is C14H18N4O3. The van der Waals surface area contributed by atoms with Crippen LogP contribution in [-0.4, -0.2) is 34.3 Å². The minimum Gasteiger partial charge on any atom is -0.493 e. The maximum absolute atomic E-state index is 8.68. The van der Waals surface area contributed by atoms with Gasteiger partial charge in [-0.05, 0) is 25.1 Å². The average Bonchev–Trinajstić information content (AvgIpc) is 2.92. The number of aryl methyl sites for hydroxylation is 1. The van der Waals surface area contributed by atoms with Gasteiger partial charge in [-0.25, -0.2) is 4.98 Å². The molecule has 0 radical (unpaired) electrons. The summed E-state index contributed by atoms with van der Waals surface area (Å²) < 4.78 is 13.0. The molecule has 0 aliphatic heterocycles. The van der Waals surface area contributed by atoms with Gasteiger partial charge >= 0.3 is 0 Å². The molecule has 0 amide bonds. The van der Waals surface area contributed by atoms with Crippen molar-refractivity contribution in [3.05, 3.63) is 42.0 Å². The van der Waals surface area contributed by atoms with Crippen molar-refractivity contribution in [2.45, 2.75) is 13.5 Å². The van der Waals surface area contributed by atoms with Gasteiger partial charge in [-0.15, -0.1) is 0 Å². The fraction of sp³-hybridized carbons (Fsp3) is 0.286. The molecular weight excluding hydrogens is 272 g/mol. The van der Waals surface area contributed by atoms with Crippen LogP contribution in [0.2, 0.25) is 0 Å². The second-order valence-corrected chi connectivity index (χ2v) is 4.37. The van der Waals surface area contributed by atoms with Crippen LogP contribution in [0.4, 0.5) is 0 Å². The van der Waals surface area contributed by atoms with Crippen LogP contribution in [0.3, 0.4) is 0 Å². The molecule has 0 unspecified atom stereocenters. The standard InChI is InChI=1S/C14H18N4O3/c1-10-16-5-6-18(10)7-8-21-12-4-3-11(14(15)17-19)9-13(12)20-2/h3-6,9,19H,7-8H2,1-2H3,(H2,15,17). The number of oxime groups is 1. The Balaban J connectivity index is 2.04. The highest BCUT2D eigenvalue weighted by Crippen LogP contribution is 2.28. The normalized spacial score (nSPS) is 11.4. The van der Waals surface area contributed by atoms with Gasteiger partial charge in [0.1, 0.15) is 12.4 Å². The van der Waals surface area contributed by atoms with Crippen LogP contribution in [0.5, 0.6) is 11.5 Å². The third-order valence-electron chi connectivity index (χ3n) is 3.08. The molecule has 2 rings (SSSR count). The number of benzene rings is 1. The minimum atomic E-state index is 0.0221. The number of nitrogens with zero attached hydrogens (tertiary/aromatic N) is 3. The first-order valence-electron chi connectivity index (χ1n) is 6.42. The van der Waals surface area contributed by atoms with Crippen molar-refractivity contribution in [2.75, 3.05) is 13.7 Å². The summed E-state index contributed by atoms with van der Waals surface area (Å²) in [6, 6.07) is 5.09. The number of aromatic nitrogens is 2. The van der Waals surface area contributed by atoms with Crippen LogP contribution < -0.4 is 15.2 Å². The van der Waals surface area contributed by atoms with Gasteiger partial charge in [-0.1, -0.05) is 5.16 Å². The van der Waals surface area contributed by atoms with Crippen LogP contribution in [0.1, 0.15) is 11.4 Å². The van der Waals surface area contributed by atoms with E-state index < -0.39 is 0 Å². The number of amidine groups is 1. The topological polar surface area (TPSA) is 94.9 Å². The molecule has 0 bridgehead atoms. The minimum absolute atomic E-state index is 0.0221. The molecule has 21 heavy (non-hydrogen) atoms. The number of hydrogen-bond donors (Lipinski definition) is 2. The van der Waals surface area contributed by atoms with E-state index in [-0.39, 0.29) is 5.84 Å². The zero-order valence-corrected chi connectivity index (χ0v) is 12.0. The maximum atomic E-state index is 8.68. The van der Waals surface area contributed by atoms with Gasteiger partial charge < -0.3 is 25.0 Å². The number of hydrogen-bond acceptors (Lipinski definition) is 5. The molecule has 0 aliphatic carbocycles. The summed E-state index contributed by atoms with van der Waals surface area (Å²) in [5.41, 5.74) is 6.10. The van der Waals surface area contributed by atoms with Gasteiger partial charge in [0.2, 0.25) is 0 Å². The lowest BCUT2D eigenvalue weighted by molar-refractivity contribution is 0.278. The molecule has 0 fully saturated rings. The lowest BCUT2D eigenvalue weighted by Crippen LogP contribution is -2.13. The Morgan fingerprint density at radius 3 is 2.86 bits per heavy atom. The van der Waals surface area contributed by atoms with Crippen molar-refractivity contribution in [1.29, 1.82) is 0 Å². The van der Waals surface area contributed by atoms with E-state index in [1.165, 1.54) is 7.11 Å². The summed E-state index contributed by atoms with van der Waals surface area (Å²) in [5, 5.41) is 11.6. The lowest BCUT2D eigenvalue weighted by Gasteiger charge is -2.12. The molecule has 7 heteroatoms. The fourth-order valence-corrected chi connectivity index (χ4v) is 1.90. The Kier molecular flexibility index (Phi) is 4.65. The molecule has 7 nitrogen and oxygen atoms in total. The van der Waals surface area contributed by atoms with Crippen LogP contribution in [0.25, 0.3) is 0 Å². The Morgan fingerprint density at radius 1 is 1.43 bits per heavy atom. The van der Waals surface area contributed by atoms with Gasteiger partial charge in [-0.2, -0.15) is 0 Å². The van der Waals surface area contributed by atoms with Gasteiger partial charge in [0.05, 0.1) is 13.7 Å². The Labute approximate surface area is 122 Å². The molecule has 112 valence electrons. The van der Waals surface area contributed by atoms with Crippen molar-refractivity contribution in [3.63, 3.8) is 0 Å². The summed E-state index contributed by atoms with van der Waals surface area (Å²) in [7, 11) is 1.54. The van der Waals surface area contributed by atoms with E-state index in [2.05, 4.69) is 10.1 Å². The molecule has 1 aromatic heterocycles. The summed E-state index contributed by atoms with van der Waals surface area (Å²) in [6.45, 7) is 3.11. The van der Waals surface area contributed by atoms with Crippen molar-refractivity contribution in [2.24, 2.45) is 10.9 Å². The molecule has 0 spiro atoms. The maximum Gasteiger partial charge on any atom is 0.170 e. The highest BCUT2D eigenvalue weighted by Gasteiger charge is 2.08. The molecule has 0 saturated heterocycles. The van der Waals surface area contributed by atoms with Crippen molar-refractivity contribution in [3.8, 4) is 11.5 Å². The number of ether oxygens (including phenoxy) is 2. The second kappa shape index (κ2) is 6.65. The third kappa shape index (κ3) is 3.44. The highest BCUT2D eigenvalue weighted by molar-refractivity contribution is 5.97. The quantitative estimate of drug-likeness (QED) is 0.362.